The highest BCUT2D eigenvalue weighted by Gasteiger charge is 2.27. The summed E-state index contributed by atoms with van der Waals surface area (Å²) < 4.78 is 35.4. The number of hydrogen-bond donors (Lipinski definition) is 2. The fraction of sp³-hybridized carbons (Fsp3) is 0.417. The number of thioether (sulfide) groups is 1. The minimum Gasteiger partial charge on any atom is -0.351 e. The molecule has 7 heteroatoms. The smallest absolute Gasteiger partial charge is 0.351 e. The van der Waals surface area contributed by atoms with Gasteiger partial charge in [0.2, 0.25) is 5.91 Å². The minimum absolute atomic E-state index is 0.0191. The first kappa shape index (κ1) is 15.8. The first-order valence-electron chi connectivity index (χ1n) is 5.69. The van der Waals surface area contributed by atoms with Crippen LogP contribution in [-0.4, -0.2) is 30.3 Å². The summed E-state index contributed by atoms with van der Waals surface area (Å²) in [6.45, 7) is 0.576. The van der Waals surface area contributed by atoms with E-state index in [2.05, 4.69) is 10.6 Å². The largest absolute Gasteiger partial charge is 0.441 e. The van der Waals surface area contributed by atoms with Gasteiger partial charge in [-0.05, 0) is 17.3 Å². The first-order chi connectivity index (χ1) is 8.97. The van der Waals surface area contributed by atoms with Crippen LogP contribution in [0.15, 0.2) is 30.3 Å². The van der Waals surface area contributed by atoms with E-state index in [0.29, 0.717) is 6.54 Å². The van der Waals surface area contributed by atoms with E-state index in [1.807, 2.05) is 30.3 Å². The molecule has 0 radical (unpaired) electrons. The van der Waals surface area contributed by atoms with Gasteiger partial charge in [-0.3, -0.25) is 4.79 Å². The van der Waals surface area contributed by atoms with Gasteiger partial charge in [0.25, 0.3) is 0 Å². The van der Waals surface area contributed by atoms with Gasteiger partial charge in [-0.25, -0.2) is 0 Å². The van der Waals surface area contributed by atoms with Crippen LogP contribution in [0.2, 0.25) is 0 Å². The molecular formula is C12H15F3N2OS. The summed E-state index contributed by atoms with van der Waals surface area (Å²) in [6, 6.07) is 9.38. The molecule has 1 rings (SSSR count). The van der Waals surface area contributed by atoms with E-state index in [1.165, 1.54) is 0 Å². The van der Waals surface area contributed by atoms with Gasteiger partial charge in [-0.2, -0.15) is 13.2 Å². The number of carbonyl (C=O) groups excluding carboxylic acids is 1. The number of alkyl halides is 3. The molecule has 19 heavy (non-hydrogen) atoms. The molecule has 1 aromatic rings. The van der Waals surface area contributed by atoms with Gasteiger partial charge in [0.1, 0.15) is 0 Å². The van der Waals surface area contributed by atoms with Crippen LogP contribution in [0.5, 0.6) is 0 Å². The third-order valence-electron chi connectivity index (χ3n) is 2.16. The Hall–Kier alpha value is -1.21. The maximum Gasteiger partial charge on any atom is 0.441 e. The van der Waals surface area contributed by atoms with Crippen LogP contribution in [0.25, 0.3) is 0 Å². The Morgan fingerprint density at radius 2 is 1.89 bits per heavy atom. The molecule has 0 unspecified atom stereocenters. The lowest BCUT2D eigenvalue weighted by Crippen LogP contribution is -2.34. The van der Waals surface area contributed by atoms with Gasteiger partial charge in [0.15, 0.2) is 0 Å². The van der Waals surface area contributed by atoms with Gasteiger partial charge < -0.3 is 10.6 Å². The molecule has 0 spiro atoms. The van der Waals surface area contributed by atoms with Crippen molar-refractivity contribution in [1.82, 2.24) is 10.6 Å². The molecule has 1 amide bonds. The number of hydrogen-bond acceptors (Lipinski definition) is 3. The molecular weight excluding hydrogens is 277 g/mol. The van der Waals surface area contributed by atoms with E-state index in [9.17, 15) is 18.0 Å². The van der Waals surface area contributed by atoms with E-state index >= 15 is 0 Å². The molecule has 0 aliphatic rings. The summed E-state index contributed by atoms with van der Waals surface area (Å²) in [4.78, 5) is 11.4. The highest BCUT2D eigenvalue weighted by atomic mass is 32.2. The number of rotatable bonds is 7. The van der Waals surface area contributed by atoms with Crippen molar-refractivity contribution in [2.75, 3.05) is 18.8 Å². The summed E-state index contributed by atoms with van der Waals surface area (Å²) in [5, 5.41) is 5.34. The highest BCUT2D eigenvalue weighted by molar-refractivity contribution is 8.00. The lowest BCUT2D eigenvalue weighted by molar-refractivity contribution is -0.120. The molecule has 1 aromatic carbocycles. The van der Waals surface area contributed by atoms with E-state index in [-0.39, 0.29) is 36.5 Å². The van der Waals surface area contributed by atoms with Crippen LogP contribution in [0, 0.1) is 0 Å². The predicted molar refractivity (Wildman–Crippen MR) is 69.7 cm³/mol. The third-order valence-corrected chi connectivity index (χ3v) is 2.90. The van der Waals surface area contributed by atoms with Crippen molar-refractivity contribution < 1.29 is 18.0 Å². The summed E-state index contributed by atoms with van der Waals surface area (Å²) in [5.74, 6) is -0.337. The fourth-order valence-electron chi connectivity index (χ4n) is 1.30. The van der Waals surface area contributed by atoms with Crippen LogP contribution in [-0.2, 0) is 11.3 Å². The average Bonchev–Trinajstić information content (AvgIpc) is 2.36. The second kappa shape index (κ2) is 8.06. The van der Waals surface area contributed by atoms with Crippen molar-refractivity contribution in [2.45, 2.75) is 12.1 Å². The molecule has 0 aliphatic carbocycles. The molecule has 0 heterocycles. The predicted octanol–water partition coefficient (Wildman–Crippen LogP) is 2.15. The van der Waals surface area contributed by atoms with Crippen molar-refractivity contribution in [2.24, 2.45) is 0 Å². The topological polar surface area (TPSA) is 41.1 Å². The average molecular weight is 292 g/mol. The molecule has 0 saturated heterocycles. The van der Waals surface area contributed by atoms with E-state index < -0.39 is 5.51 Å². The summed E-state index contributed by atoms with van der Waals surface area (Å²) in [7, 11) is 0. The molecule has 0 atom stereocenters. The molecule has 0 aliphatic heterocycles. The van der Waals surface area contributed by atoms with E-state index in [4.69, 9.17) is 0 Å². The Morgan fingerprint density at radius 3 is 2.53 bits per heavy atom. The maximum absolute atomic E-state index is 11.8. The molecule has 2 N–H and O–H groups in total. The van der Waals surface area contributed by atoms with Crippen LogP contribution in [0.1, 0.15) is 5.56 Å². The Kier molecular flexibility index (Phi) is 6.72. The maximum atomic E-state index is 11.8. The zero-order valence-corrected chi connectivity index (χ0v) is 11.0. The first-order valence-corrected chi connectivity index (χ1v) is 6.68. The number of nitrogens with one attached hydrogen (secondary N) is 2. The Labute approximate surface area is 114 Å². The summed E-state index contributed by atoms with van der Waals surface area (Å²) in [5.41, 5.74) is -3.24. The van der Waals surface area contributed by atoms with Crippen LogP contribution < -0.4 is 10.6 Å². The second-order valence-electron chi connectivity index (χ2n) is 3.73. The lowest BCUT2D eigenvalue weighted by Gasteiger charge is -2.08. The van der Waals surface area contributed by atoms with Gasteiger partial charge >= 0.3 is 5.51 Å². The van der Waals surface area contributed by atoms with E-state index in [1.54, 1.807) is 0 Å². The fourth-order valence-corrected chi connectivity index (χ4v) is 1.78. The summed E-state index contributed by atoms with van der Waals surface area (Å²) in [6.07, 6.45) is 0. The monoisotopic (exact) mass is 292 g/mol. The quantitative estimate of drug-likeness (QED) is 0.757. The number of carbonyl (C=O) groups is 1. The van der Waals surface area contributed by atoms with Crippen LogP contribution >= 0.6 is 11.8 Å². The second-order valence-corrected chi connectivity index (χ2v) is 4.89. The summed E-state index contributed by atoms with van der Waals surface area (Å²) >= 11 is -0.0987. The molecule has 0 aromatic heterocycles. The molecule has 0 saturated carbocycles. The normalized spacial score (nSPS) is 11.3. The molecule has 3 nitrogen and oxygen atoms in total. The van der Waals surface area contributed by atoms with Crippen molar-refractivity contribution in [3.8, 4) is 0 Å². The Balaban J connectivity index is 2.06. The van der Waals surface area contributed by atoms with Crippen LogP contribution in [0.3, 0.4) is 0 Å². The van der Waals surface area contributed by atoms with Gasteiger partial charge in [-0.1, -0.05) is 30.3 Å². The lowest BCUT2D eigenvalue weighted by atomic mass is 10.2. The van der Waals surface area contributed by atoms with Crippen molar-refractivity contribution in [1.29, 1.82) is 0 Å². The number of benzene rings is 1. The zero-order chi connectivity index (χ0) is 14.1. The zero-order valence-electron chi connectivity index (χ0n) is 10.2. The molecule has 0 bridgehead atoms. The standard InChI is InChI=1S/C12H15F3N2OS/c13-12(14,15)19-7-6-16-9-11(18)17-8-10-4-2-1-3-5-10/h1-5,16H,6-9H2,(H,17,18). The Bertz CT molecular complexity index is 384. The molecule has 106 valence electrons. The highest BCUT2D eigenvalue weighted by Crippen LogP contribution is 2.29. The van der Waals surface area contributed by atoms with Gasteiger partial charge in [0.05, 0.1) is 6.54 Å². The third kappa shape index (κ3) is 8.50. The van der Waals surface area contributed by atoms with Gasteiger partial charge in [-0.15, -0.1) is 0 Å². The van der Waals surface area contributed by atoms with Crippen molar-refractivity contribution in [3.63, 3.8) is 0 Å². The van der Waals surface area contributed by atoms with Crippen LogP contribution in [0.4, 0.5) is 13.2 Å². The number of amides is 1. The van der Waals surface area contributed by atoms with E-state index in [0.717, 1.165) is 5.56 Å². The number of halogens is 3. The SMILES string of the molecule is O=C(CNCCSC(F)(F)F)NCc1ccccc1. The molecule has 0 fully saturated rings. The van der Waals surface area contributed by atoms with Crippen molar-refractivity contribution >= 4 is 17.7 Å². The van der Waals surface area contributed by atoms with Gasteiger partial charge in [0, 0.05) is 18.8 Å². The van der Waals surface area contributed by atoms with Crippen molar-refractivity contribution in [3.05, 3.63) is 35.9 Å². The Morgan fingerprint density at radius 1 is 1.21 bits per heavy atom. The minimum atomic E-state index is -4.21.